The molecule has 0 bridgehead atoms. The number of rotatable bonds is 6. The summed E-state index contributed by atoms with van der Waals surface area (Å²) >= 11 is 5.17. The van der Waals surface area contributed by atoms with Gasteiger partial charge in [0.15, 0.2) is 0 Å². The molecule has 1 amide bonds. The van der Waals surface area contributed by atoms with Crippen LogP contribution in [-0.2, 0) is 6.54 Å². The molecule has 1 heterocycles. The average Bonchev–Trinajstić information content (AvgIpc) is 2.92. The number of anilines is 1. The van der Waals surface area contributed by atoms with Crippen molar-refractivity contribution in [3.05, 3.63) is 50.6 Å². The number of carbonyl (C=O) groups is 1. The van der Waals surface area contributed by atoms with Gasteiger partial charge in [0.05, 0.1) is 3.79 Å². The van der Waals surface area contributed by atoms with Crippen LogP contribution in [0.2, 0.25) is 0 Å². The van der Waals surface area contributed by atoms with Crippen molar-refractivity contribution in [3.8, 4) is 0 Å². The first-order valence-corrected chi connectivity index (χ1v) is 8.62. The van der Waals surface area contributed by atoms with Gasteiger partial charge >= 0.3 is 0 Å². The third-order valence-corrected chi connectivity index (χ3v) is 4.88. The molecule has 0 fully saturated rings. The predicted octanol–water partition coefficient (Wildman–Crippen LogP) is 4.60. The number of thiophene rings is 1. The summed E-state index contributed by atoms with van der Waals surface area (Å²) in [6.45, 7) is 6.22. The third kappa shape index (κ3) is 4.32. The zero-order valence-electron chi connectivity index (χ0n) is 12.2. The Morgan fingerprint density at radius 3 is 2.62 bits per heavy atom. The molecule has 1 N–H and O–H groups in total. The second kappa shape index (κ2) is 7.61. The fourth-order valence-electron chi connectivity index (χ4n) is 2.09. The minimum Gasteiger partial charge on any atom is -0.380 e. The SMILES string of the molecule is CCN(CC)C(=O)c1cccc(NCc2ccc(Br)s2)c1. The highest BCUT2D eigenvalue weighted by Gasteiger charge is 2.12. The Balaban J connectivity index is 2.05. The number of nitrogens with one attached hydrogen (secondary N) is 1. The van der Waals surface area contributed by atoms with Crippen LogP contribution in [0.25, 0.3) is 0 Å². The lowest BCUT2D eigenvalue weighted by Gasteiger charge is -2.19. The van der Waals surface area contributed by atoms with Crippen LogP contribution in [0.5, 0.6) is 0 Å². The van der Waals surface area contributed by atoms with E-state index in [0.29, 0.717) is 0 Å². The number of carbonyl (C=O) groups excluding carboxylic acids is 1. The van der Waals surface area contributed by atoms with E-state index in [1.54, 1.807) is 11.3 Å². The fraction of sp³-hybridized carbons (Fsp3) is 0.312. The lowest BCUT2D eigenvalue weighted by molar-refractivity contribution is 0.0773. The van der Waals surface area contributed by atoms with Crippen LogP contribution in [-0.4, -0.2) is 23.9 Å². The van der Waals surface area contributed by atoms with Gasteiger partial charge in [0.25, 0.3) is 5.91 Å². The molecule has 2 rings (SSSR count). The van der Waals surface area contributed by atoms with Gasteiger partial charge in [0.2, 0.25) is 0 Å². The van der Waals surface area contributed by atoms with Crippen LogP contribution in [0.3, 0.4) is 0 Å². The predicted molar refractivity (Wildman–Crippen MR) is 93.0 cm³/mol. The summed E-state index contributed by atoms with van der Waals surface area (Å²) in [6.07, 6.45) is 0. The highest BCUT2D eigenvalue weighted by molar-refractivity contribution is 9.11. The smallest absolute Gasteiger partial charge is 0.253 e. The van der Waals surface area contributed by atoms with E-state index in [1.165, 1.54) is 4.88 Å². The van der Waals surface area contributed by atoms with Crippen molar-refractivity contribution < 1.29 is 4.79 Å². The molecule has 0 atom stereocenters. The highest BCUT2D eigenvalue weighted by Crippen LogP contribution is 2.23. The number of halogens is 1. The lowest BCUT2D eigenvalue weighted by atomic mass is 10.1. The minimum atomic E-state index is 0.0857. The van der Waals surface area contributed by atoms with E-state index < -0.39 is 0 Å². The van der Waals surface area contributed by atoms with E-state index in [4.69, 9.17) is 0 Å². The summed E-state index contributed by atoms with van der Waals surface area (Å²) in [5.74, 6) is 0.0857. The summed E-state index contributed by atoms with van der Waals surface area (Å²) in [7, 11) is 0. The molecule has 0 spiro atoms. The monoisotopic (exact) mass is 366 g/mol. The van der Waals surface area contributed by atoms with Crippen LogP contribution < -0.4 is 5.32 Å². The second-order valence-electron chi connectivity index (χ2n) is 4.62. The van der Waals surface area contributed by atoms with Gasteiger partial charge in [-0.3, -0.25) is 4.79 Å². The first-order valence-electron chi connectivity index (χ1n) is 7.01. The molecule has 0 aliphatic carbocycles. The van der Waals surface area contributed by atoms with Gasteiger partial charge < -0.3 is 10.2 Å². The Morgan fingerprint density at radius 1 is 1.24 bits per heavy atom. The van der Waals surface area contributed by atoms with Crippen LogP contribution >= 0.6 is 27.3 Å². The molecule has 0 aliphatic heterocycles. The van der Waals surface area contributed by atoms with E-state index in [0.717, 1.165) is 34.7 Å². The quantitative estimate of drug-likeness (QED) is 0.809. The number of amides is 1. The summed E-state index contributed by atoms with van der Waals surface area (Å²) in [5.41, 5.74) is 1.70. The van der Waals surface area contributed by atoms with Crippen molar-refractivity contribution in [1.29, 1.82) is 0 Å². The third-order valence-electron chi connectivity index (χ3n) is 3.26. The first kappa shape index (κ1) is 16.0. The zero-order valence-corrected chi connectivity index (χ0v) is 14.6. The van der Waals surface area contributed by atoms with Gasteiger partial charge in [-0.1, -0.05) is 6.07 Å². The molecule has 5 heteroatoms. The Labute approximate surface area is 138 Å². The van der Waals surface area contributed by atoms with Crippen LogP contribution in [0, 0.1) is 0 Å². The summed E-state index contributed by atoms with van der Waals surface area (Å²) in [6, 6.07) is 11.8. The van der Waals surface area contributed by atoms with Crippen molar-refractivity contribution in [2.75, 3.05) is 18.4 Å². The van der Waals surface area contributed by atoms with Crippen LogP contribution in [0.1, 0.15) is 29.1 Å². The van der Waals surface area contributed by atoms with Gasteiger partial charge in [0.1, 0.15) is 0 Å². The first-order chi connectivity index (χ1) is 10.1. The summed E-state index contributed by atoms with van der Waals surface area (Å²) in [5, 5.41) is 3.36. The standard InChI is InChI=1S/C16H19BrN2OS/c1-3-19(4-2)16(20)12-6-5-7-13(10-12)18-11-14-8-9-15(17)21-14/h5-10,18H,3-4,11H2,1-2H3. The molecule has 2 aromatic rings. The molecule has 21 heavy (non-hydrogen) atoms. The number of nitrogens with zero attached hydrogens (tertiary/aromatic N) is 1. The topological polar surface area (TPSA) is 32.3 Å². The van der Waals surface area contributed by atoms with Crippen LogP contribution in [0.15, 0.2) is 40.2 Å². The van der Waals surface area contributed by atoms with Crippen molar-refractivity contribution in [1.82, 2.24) is 4.90 Å². The second-order valence-corrected chi connectivity index (χ2v) is 7.17. The maximum absolute atomic E-state index is 12.3. The summed E-state index contributed by atoms with van der Waals surface area (Å²) in [4.78, 5) is 15.4. The van der Waals surface area contributed by atoms with Crippen molar-refractivity contribution in [2.45, 2.75) is 20.4 Å². The van der Waals surface area contributed by atoms with Gasteiger partial charge in [-0.05, 0) is 60.1 Å². The van der Waals surface area contributed by atoms with E-state index >= 15 is 0 Å². The molecular formula is C16H19BrN2OS. The lowest BCUT2D eigenvalue weighted by Crippen LogP contribution is -2.30. The van der Waals surface area contributed by atoms with Gasteiger partial charge in [0, 0.05) is 35.8 Å². The van der Waals surface area contributed by atoms with Gasteiger partial charge in [-0.2, -0.15) is 0 Å². The minimum absolute atomic E-state index is 0.0857. The largest absolute Gasteiger partial charge is 0.380 e. The maximum Gasteiger partial charge on any atom is 0.253 e. The molecule has 112 valence electrons. The molecule has 1 aromatic carbocycles. The number of hydrogen-bond donors (Lipinski definition) is 1. The fourth-order valence-corrected chi connectivity index (χ4v) is 3.51. The zero-order chi connectivity index (χ0) is 15.2. The number of benzene rings is 1. The Hall–Kier alpha value is -1.33. The van der Waals surface area contributed by atoms with E-state index in [9.17, 15) is 4.79 Å². The number of hydrogen-bond acceptors (Lipinski definition) is 3. The molecule has 0 saturated heterocycles. The van der Waals surface area contributed by atoms with Crippen molar-refractivity contribution in [3.63, 3.8) is 0 Å². The molecular weight excluding hydrogens is 348 g/mol. The Kier molecular flexibility index (Phi) is 5.82. The Morgan fingerprint density at radius 2 is 2.00 bits per heavy atom. The maximum atomic E-state index is 12.3. The van der Waals surface area contributed by atoms with Crippen LogP contribution in [0.4, 0.5) is 5.69 Å². The summed E-state index contributed by atoms with van der Waals surface area (Å²) < 4.78 is 1.13. The van der Waals surface area contributed by atoms with E-state index in [1.807, 2.05) is 49.1 Å². The average molecular weight is 367 g/mol. The molecule has 0 radical (unpaired) electrons. The van der Waals surface area contributed by atoms with Gasteiger partial charge in [-0.25, -0.2) is 0 Å². The Bertz CT molecular complexity index is 608. The molecule has 0 saturated carbocycles. The normalized spacial score (nSPS) is 10.4. The van der Waals surface area contributed by atoms with E-state index in [-0.39, 0.29) is 5.91 Å². The molecule has 3 nitrogen and oxygen atoms in total. The van der Waals surface area contributed by atoms with Crippen molar-refractivity contribution in [2.24, 2.45) is 0 Å². The van der Waals surface area contributed by atoms with E-state index in [2.05, 4.69) is 27.3 Å². The van der Waals surface area contributed by atoms with Crippen molar-refractivity contribution >= 4 is 38.9 Å². The van der Waals surface area contributed by atoms with Gasteiger partial charge in [-0.15, -0.1) is 11.3 Å². The highest BCUT2D eigenvalue weighted by atomic mass is 79.9. The molecule has 0 aliphatic rings. The molecule has 1 aromatic heterocycles. The molecule has 0 unspecified atom stereocenters.